The highest BCUT2D eigenvalue weighted by molar-refractivity contribution is 5.80. The number of hydrogen-bond acceptors (Lipinski definition) is 4. The summed E-state index contributed by atoms with van der Waals surface area (Å²) in [7, 11) is 0. The van der Waals surface area contributed by atoms with E-state index in [0.29, 0.717) is 16.5 Å². The van der Waals surface area contributed by atoms with E-state index in [1.54, 1.807) is 36.5 Å². The molecule has 100 valence electrons. The monoisotopic (exact) mass is 274 g/mol. The lowest BCUT2D eigenvalue weighted by Gasteiger charge is -1.91. The molecular weight excluding hydrogens is 264 g/mol. The van der Waals surface area contributed by atoms with Crippen LogP contribution >= 0.6 is 0 Å². The molecule has 0 bridgehead atoms. The SMILES string of the molecule is N#Cc1ccccc1C#N.O=c1[nH]ncc2ccccc12. The molecule has 0 aliphatic heterocycles. The number of rotatable bonds is 0. The van der Waals surface area contributed by atoms with Crippen LogP contribution in [-0.2, 0) is 0 Å². The van der Waals surface area contributed by atoms with Gasteiger partial charge in [-0.25, -0.2) is 5.10 Å². The minimum Gasteiger partial charge on any atom is -0.267 e. The summed E-state index contributed by atoms with van der Waals surface area (Å²) >= 11 is 0. The van der Waals surface area contributed by atoms with E-state index in [4.69, 9.17) is 10.5 Å². The number of H-pyrrole nitrogens is 1. The molecule has 1 heterocycles. The van der Waals surface area contributed by atoms with Crippen molar-refractivity contribution >= 4 is 10.8 Å². The van der Waals surface area contributed by atoms with Crippen LogP contribution in [0.15, 0.2) is 59.5 Å². The van der Waals surface area contributed by atoms with Crippen molar-refractivity contribution < 1.29 is 0 Å². The van der Waals surface area contributed by atoms with Crippen LogP contribution in [0.3, 0.4) is 0 Å². The van der Waals surface area contributed by atoms with Crippen LogP contribution in [-0.4, -0.2) is 10.2 Å². The highest BCUT2D eigenvalue weighted by atomic mass is 16.1. The molecule has 0 aliphatic rings. The third kappa shape index (κ3) is 3.31. The Kier molecular flexibility index (Phi) is 4.42. The van der Waals surface area contributed by atoms with Crippen LogP contribution in [0, 0.1) is 22.7 Å². The summed E-state index contributed by atoms with van der Waals surface area (Å²) < 4.78 is 0. The molecule has 0 amide bonds. The second kappa shape index (κ2) is 6.65. The fourth-order valence-electron chi connectivity index (χ4n) is 1.72. The van der Waals surface area contributed by atoms with Gasteiger partial charge in [-0.05, 0) is 18.2 Å². The summed E-state index contributed by atoms with van der Waals surface area (Å²) in [6.07, 6.45) is 1.64. The number of aromatic amines is 1. The summed E-state index contributed by atoms with van der Waals surface area (Å²) in [5.74, 6) is 0. The van der Waals surface area contributed by atoms with Gasteiger partial charge in [0.25, 0.3) is 5.56 Å². The van der Waals surface area contributed by atoms with Crippen molar-refractivity contribution in [2.45, 2.75) is 0 Å². The van der Waals surface area contributed by atoms with Crippen molar-refractivity contribution in [1.29, 1.82) is 10.5 Å². The lowest BCUT2D eigenvalue weighted by atomic mass is 10.1. The highest BCUT2D eigenvalue weighted by Crippen LogP contribution is 2.05. The van der Waals surface area contributed by atoms with Gasteiger partial charge in [-0.3, -0.25) is 4.79 Å². The van der Waals surface area contributed by atoms with E-state index in [2.05, 4.69) is 10.2 Å². The van der Waals surface area contributed by atoms with Gasteiger partial charge in [-0.2, -0.15) is 15.6 Å². The molecule has 1 N–H and O–H groups in total. The summed E-state index contributed by atoms with van der Waals surface area (Å²) in [6.45, 7) is 0. The number of fused-ring (bicyclic) bond motifs is 1. The predicted octanol–water partition coefficient (Wildman–Crippen LogP) is 2.35. The standard InChI is InChI=1S/C8H6N2O.C8H4N2/c11-8-7-4-2-1-3-6(7)5-9-10-8;9-5-7-3-1-2-4-8(7)6-10/h1-5H,(H,10,11);1-4H. The minimum atomic E-state index is -0.136. The van der Waals surface area contributed by atoms with Crippen molar-refractivity contribution in [2.75, 3.05) is 0 Å². The van der Waals surface area contributed by atoms with E-state index in [1.807, 2.05) is 30.3 Å². The van der Waals surface area contributed by atoms with Gasteiger partial charge >= 0.3 is 0 Å². The number of aromatic nitrogens is 2. The van der Waals surface area contributed by atoms with Crippen molar-refractivity contribution in [1.82, 2.24) is 10.2 Å². The molecule has 5 heteroatoms. The molecule has 21 heavy (non-hydrogen) atoms. The van der Waals surface area contributed by atoms with Crippen molar-refractivity contribution in [3.63, 3.8) is 0 Å². The van der Waals surface area contributed by atoms with Gasteiger partial charge in [0.05, 0.1) is 17.3 Å². The molecule has 0 fully saturated rings. The van der Waals surface area contributed by atoms with E-state index in [0.717, 1.165) is 5.39 Å². The molecule has 3 aromatic rings. The summed E-state index contributed by atoms with van der Waals surface area (Å²) in [6, 6.07) is 17.9. The second-order valence-electron chi connectivity index (χ2n) is 4.06. The van der Waals surface area contributed by atoms with Crippen LogP contribution in [0.25, 0.3) is 10.8 Å². The summed E-state index contributed by atoms with van der Waals surface area (Å²) in [5, 5.41) is 24.5. The zero-order valence-corrected chi connectivity index (χ0v) is 10.9. The lowest BCUT2D eigenvalue weighted by Crippen LogP contribution is -2.06. The molecular formula is C16H10N4O. The largest absolute Gasteiger partial charge is 0.272 e. The van der Waals surface area contributed by atoms with Crippen molar-refractivity contribution in [3.05, 3.63) is 76.2 Å². The van der Waals surface area contributed by atoms with E-state index < -0.39 is 0 Å². The fourth-order valence-corrected chi connectivity index (χ4v) is 1.72. The smallest absolute Gasteiger partial charge is 0.267 e. The molecule has 0 atom stereocenters. The summed E-state index contributed by atoms with van der Waals surface area (Å²) in [4.78, 5) is 11.1. The van der Waals surface area contributed by atoms with E-state index in [-0.39, 0.29) is 5.56 Å². The molecule has 0 aliphatic carbocycles. The fraction of sp³-hybridized carbons (Fsp3) is 0. The number of benzene rings is 2. The highest BCUT2D eigenvalue weighted by Gasteiger charge is 1.95. The van der Waals surface area contributed by atoms with Crippen LogP contribution in [0.1, 0.15) is 11.1 Å². The molecule has 0 spiro atoms. The van der Waals surface area contributed by atoms with Crippen LogP contribution in [0.2, 0.25) is 0 Å². The van der Waals surface area contributed by atoms with Gasteiger partial charge in [0, 0.05) is 10.8 Å². The van der Waals surface area contributed by atoms with Crippen LogP contribution < -0.4 is 5.56 Å². The Morgan fingerprint density at radius 2 is 1.48 bits per heavy atom. The Bertz CT molecular complexity index is 862. The molecule has 0 saturated heterocycles. The van der Waals surface area contributed by atoms with E-state index in [1.165, 1.54) is 0 Å². The van der Waals surface area contributed by atoms with Crippen LogP contribution in [0.4, 0.5) is 0 Å². The first-order chi connectivity index (χ1) is 10.3. The van der Waals surface area contributed by atoms with E-state index >= 15 is 0 Å². The van der Waals surface area contributed by atoms with Gasteiger partial charge in [-0.15, -0.1) is 0 Å². The quantitative estimate of drug-likeness (QED) is 0.680. The van der Waals surface area contributed by atoms with Crippen LogP contribution in [0.5, 0.6) is 0 Å². The minimum absolute atomic E-state index is 0.136. The third-order valence-electron chi connectivity index (χ3n) is 2.74. The number of hydrogen-bond donors (Lipinski definition) is 1. The first-order valence-corrected chi connectivity index (χ1v) is 6.08. The molecule has 0 saturated carbocycles. The molecule has 0 unspecified atom stereocenters. The van der Waals surface area contributed by atoms with Gasteiger partial charge < -0.3 is 0 Å². The number of nitrogens with zero attached hydrogens (tertiary/aromatic N) is 3. The molecule has 0 radical (unpaired) electrons. The van der Waals surface area contributed by atoms with Gasteiger partial charge in [0.2, 0.25) is 0 Å². The average molecular weight is 274 g/mol. The van der Waals surface area contributed by atoms with Gasteiger partial charge in [-0.1, -0.05) is 30.3 Å². The molecule has 3 rings (SSSR count). The Balaban J connectivity index is 0.000000155. The Morgan fingerprint density at radius 1 is 0.905 bits per heavy atom. The predicted molar refractivity (Wildman–Crippen MR) is 78.2 cm³/mol. The second-order valence-corrected chi connectivity index (χ2v) is 4.06. The Morgan fingerprint density at radius 3 is 2.05 bits per heavy atom. The van der Waals surface area contributed by atoms with Crippen molar-refractivity contribution in [3.8, 4) is 12.1 Å². The Labute approximate surface area is 120 Å². The summed E-state index contributed by atoms with van der Waals surface area (Å²) in [5.41, 5.74) is 0.734. The zero-order chi connectivity index (χ0) is 15.1. The lowest BCUT2D eigenvalue weighted by molar-refractivity contribution is 1.01. The average Bonchev–Trinajstić information content (AvgIpc) is 2.56. The normalized spacial score (nSPS) is 9.05. The number of nitriles is 2. The maximum absolute atomic E-state index is 11.1. The maximum atomic E-state index is 11.1. The molecule has 1 aromatic heterocycles. The Hall–Kier alpha value is -3.44. The zero-order valence-electron chi connectivity index (χ0n) is 10.9. The molecule has 5 nitrogen and oxygen atoms in total. The van der Waals surface area contributed by atoms with Gasteiger partial charge in [0.1, 0.15) is 12.1 Å². The third-order valence-corrected chi connectivity index (χ3v) is 2.74. The number of nitrogens with one attached hydrogen (secondary N) is 1. The first-order valence-electron chi connectivity index (χ1n) is 6.08. The van der Waals surface area contributed by atoms with Crippen molar-refractivity contribution in [2.24, 2.45) is 0 Å². The van der Waals surface area contributed by atoms with E-state index in [9.17, 15) is 4.79 Å². The first kappa shape index (κ1) is 14.0. The molecule has 2 aromatic carbocycles. The topological polar surface area (TPSA) is 93.3 Å². The van der Waals surface area contributed by atoms with Gasteiger partial charge in [0.15, 0.2) is 0 Å². The maximum Gasteiger partial charge on any atom is 0.272 e.